The Bertz CT molecular complexity index is 796. The number of fused-ring (bicyclic) bond motifs is 1. The normalized spacial score (nSPS) is 26.9. The van der Waals surface area contributed by atoms with Gasteiger partial charge in [0.2, 0.25) is 5.91 Å². The second kappa shape index (κ2) is 5.47. The first kappa shape index (κ1) is 14.9. The number of carbonyl (C=O) groups is 2. The van der Waals surface area contributed by atoms with E-state index in [9.17, 15) is 14.0 Å². The van der Waals surface area contributed by atoms with Crippen molar-refractivity contribution in [2.24, 2.45) is 5.92 Å². The molecule has 24 heavy (non-hydrogen) atoms. The largest absolute Gasteiger partial charge is 0.284 e. The van der Waals surface area contributed by atoms with E-state index in [1.807, 2.05) is 6.07 Å². The van der Waals surface area contributed by atoms with Crippen molar-refractivity contribution >= 4 is 17.5 Å². The fourth-order valence-corrected chi connectivity index (χ4v) is 3.36. The Kier molecular flexibility index (Phi) is 3.40. The third-order valence-corrected chi connectivity index (χ3v) is 4.42. The Morgan fingerprint density at radius 3 is 2.54 bits per heavy atom. The van der Waals surface area contributed by atoms with Gasteiger partial charge in [-0.3, -0.25) is 19.4 Å². The maximum Gasteiger partial charge on any atom is 0.265 e. The van der Waals surface area contributed by atoms with E-state index in [4.69, 9.17) is 4.84 Å². The molecule has 2 aliphatic heterocycles. The van der Waals surface area contributed by atoms with Gasteiger partial charge in [-0.25, -0.2) is 9.29 Å². The number of pyridine rings is 1. The number of benzene rings is 1. The molecule has 0 radical (unpaired) electrons. The molecule has 0 N–H and O–H groups in total. The van der Waals surface area contributed by atoms with Gasteiger partial charge in [-0.1, -0.05) is 6.07 Å². The lowest BCUT2D eigenvalue weighted by molar-refractivity contribution is -0.160. The van der Waals surface area contributed by atoms with Crippen LogP contribution < -0.4 is 4.90 Å². The predicted molar refractivity (Wildman–Crippen MR) is 82.0 cm³/mol. The Labute approximate surface area is 137 Å². The van der Waals surface area contributed by atoms with Crippen LogP contribution in [0.1, 0.15) is 11.6 Å². The van der Waals surface area contributed by atoms with Crippen molar-refractivity contribution in [1.29, 1.82) is 0 Å². The molecule has 0 saturated carbocycles. The third-order valence-electron chi connectivity index (χ3n) is 4.42. The van der Waals surface area contributed by atoms with Gasteiger partial charge >= 0.3 is 0 Å². The van der Waals surface area contributed by atoms with Crippen molar-refractivity contribution in [3.8, 4) is 0 Å². The molecular formula is C17H14FN3O3. The second-order valence-electron chi connectivity index (χ2n) is 5.82. The molecular weight excluding hydrogens is 313 g/mol. The molecule has 1 aromatic carbocycles. The van der Waals surface area contributed by atoms with Gasteiger partial charge in [0, 0.05) is 19.4 Å². The summed E-state index contributed by atoms with van der Waals surface area (Å²) in [6, 6.07) is 8.48. The molecule has 0 unspecified atom stereocenters. The summed E-state index contributed by atoms with van der Waals surface area (Å²) in [5.41, 5.74) is 1.14. The molecule has 2 aromatic rings. The molecule has 2 saturated heterocycles. The SMILES string of the molecule is CN1O[C@@H]2C(=O)N(c3ccc(F)cc3)C(=O)[C@H]2[C@H]1c1cccnc1. The summed E-state index contributed by atoms with van der Waals surface area (Å²) in [7, 11) is 1.69. The van der Waals surface area contributed by atoms with E-state index in [2.05, 4.69) is 4.98 Å². The van der Waals surface area contributed by atoms with Crippen LogP contribution in [0.2, 0.25) is 0 Å². The number of imide groups is 1. The lowest BCUT2D eigenvalue weighted by atomic mass is 9.92. The lowest BCUT2D eigenvalue weighted by Crippen LogP contribution is -2.36. The topological polar surface area (TPSA) is 62.7 Å². The number of halogens is 1. The van der Waals surface area contributed by atoms with Crippen LogP contribution in [0, 0.1) is 11.7 Å². The van der Waals surface area contributed by atoms with Gasteiger partial charge in [-0.2, -0.15) is 5.06 Å². The number of hydrogen-bond donors (Lipinski definition) is 0. The van der Waals surface area contributed by atoms with E-state index in [0.717, 1.165) is 10.5 Å². The predicted octanol–water partition coefficient (Wildman–Crippen LogP) is 1.70. The molecule has 3 heterocycles. The monoisotopic (exact) mass is 327 g/mol. The highest BCUT2D eigenvalue weighted by molar-refractivity contribution is 6.23. The van der Waals surface area contributed by atoms with Gasteiger partial charge in [-0.05, 0) is 35.9 Å². The molecule has 122 valence electrons. The zero-order valence-electron chi connectivity index (χ0n) is 12.8. The van der Waals surface area contributed by atoms with Crippen LogP contribution in [0.25, 0.3) is 0 Å². The Morgan fingerprint density at radius 2 is 1.88 bits per heavy atom. The molecule has 2 amide bonds. The van der Waals surface area contributed by atoms with Gasteiger partial charge in [0.15, 0.2) is 6.10 Å². The maximum absolute atomic E-state index is 13.1. The van der Waals surface area contributed by atoms with E-state index in [1.165, 1.54) is 29.3 Å². The van der Waals surface area contributed by atoms with Crippen LogP contribution in [0.5, 0.6) is 0 Å². The summed E-state index contributed by atoms with van der Waals surface area (Å²) < 4.78 is 13.1. The molecule has 0 spiro atoms. The quantitative estimate of drug-likeness (QED) is 0.786. The van der Waals surface area contributed by atoms with Gasteiger partial charge in [-0.15, -0.1) is 0 Å². The number of rotatable bonds is 2. The Morgan fingerprint density at radius 1 is 1.12 bits per heavy atom. The molecule has 2 fully saturated rings. The average molecular weight is 327 g/mol. The standard InChI is InChI=1S/C17H14FN3O3/c1-20-14(10-3-2-8-19-9-10)13-15(24-20)17(23)21(16(13)22)12-6-4-11(18)5-7-12/h2-9,13-15H,1H3/t13-,14+,15-/m0/s1. The molecule has 4 rings (SSSR count). The molecule has 6 nitrogen and oxygen atoms in total. The first-order valence-electron chi connectivity index (χ1n) is 7.51. The minimum absolute atomic E-state index is 0.344. The van der Waals surface area contributed by atoms with E-state index >= 15 is 0 Å². The minimum Gasteiger partial charge on any atom is -0.284 e. The summed E-state index contributed by atoms with van der Waals surface area (Å²) in [5, 5.41) is 1.53. The van der Waals surface area contributed by atoms with E-state index < -0.39 is 29.8 Å². The van der Waals surface area contributed by atoms with E-state index in [0.29, 0.717) is 5.69 Å². The molecule has 0 bridgehead atoms. The summed E-state index contributed by atoms with van der Waals surface area (Å²) >= 11 is 0. The molecule has 3 atom stereocenters. The van der Waals surface area contributed by atoms with Crippen LogP contribution in [0.4, 0.5) is 10.1 Å². The Balaban J connectivity index is 1.72. The summed E-state index contributed by atoms with van der Waals surface area (Å²) in [4.78, 5) is 36.3. The number of carbonyl (C=O) groups excluding carboxylic acids is 2. The van der Waals surface area contributed by atoms with Gasteiger partial charge in [0.05, 0.1) is 17.6 Å². The molecule has 2 aliphatic rings. The minimum atomic E-state index is -0.877. The van der Waals surface area contributed by atoms with Crippen molar-refractivity contribution in [2.45, 2.75) is 12.1 Å². The summed E-state index contributed by atoms with van der Waals surface area (Å²) in [6.45, 7) is 0. The van der Waals surface area contributed by atoms with Crippen molar-refractivity contribution in [1.82, 2.24) is 10.0 Å². The van der Waals surface area contributed by atoms with Crippen LogP contribution in [0.3, 0.4) is 0 Å². The second-order valence-corrected chi connectivity index (χ2v) is 5.82. The van der Waals surface area contributed by atoms with Crippen LogP contribution in [-0.2, 0) is 14.4 Å². The molecule has 0 aliphatic carbocycles. The zero-order valence-corrected chi connectivity index (χ0v) is 12.8. The van der Waals surface area contributed by atoms with Gasteiger partial charge < -0.3 is 0 Å². The number of aromatic nitrogens is 1. The van der Waals surface area contributed by atoms with Crippen LogP contribution in [0.15, 0.2) is 48.8 Å². The highest BCUT2D eigenvalue weighted by atomic mass is 19.1. The first-order chi connectivity index (χ1) is 11.6. The third kappa shape index (κ3) is 2.13. The molecule has 7 heteroatoms. The van der Waals surface area contributed by atoms with Crippen molar-refractivity contribution in [3.05, 3.63) is 60.2 Å². The summed E-state index contributed by atoms with van der Waals surface area (Å²) in [5.74, 6) is -1.87. The highest BCUT2D eigenvalue weighted by Gasteiger charge is 2.59. The van der Waals surface area contributed by atoms with Gasteiger partial charge in [0.1, 0.15) is 5.82 Å². The number of nitrogens with zero attached hydrogens (tertiary/aromatic N) is 3. The Hall–Kier alpha value is -2.64. The van der Waals surface area contributed by atoms with Crippen LogP contribution >= 0.6 is 0 Å². The number of anilines is 1. The van der Waals surface area contributed by atoms with E-state index in [-0.39, 0.29) is 5.91 Å². The zero-order chi connectivity index (χ0) is 16.8. The number of hydroxylamine groups is 2. The van der Waals surface area contributed by atoms with Crippen molar-refractivity contribution in [2.75, 3.05) is 11.9 Å². The van der Waals surface area contributed by atoms with Gasteiger partial charge in [0.25, 0.3) is 5.91 Å². The number of hydrogen-bond acceptors (Lipinski definition) is 5. The van der Waals surface area contributed by atoms with Crippen molar-refractivity contribution in [3.63, 3.8) is 0 Å². The first-order valence-corrected chi connectivity index (χ1v) is 7.51. The highest BCUT2D eigenvalue weighted by Crippen LogP contribution is 2.44. The summed E-state index contributed by atoms with van der Waals surface area (Å²) in [6.07, 6.45) is 2.42. The lowest BCUT2D eigenvalue weighted by Gasteiger charge is -2.23. The van der Waals surface area contributed by atoms with Crippen molar-refractivity contribution < 1.29 is 18.8 Å². The molecule has 1 aromatic heterocycles. The van der Waals surface area contributed by atoms with Crippen LogP contribution in [-0.4, -0.2) is 35.0 Å². The fraction of sp³-hybridized carbons (Fsp3) is 0.235. The number of amides is 2. The fourth-order valence-electron chi connectivity index (χ4n) is 3.36. The smallest absolute Gasteiger partial charge is 0.265 e. The maximum atomic E-state index is 13.1. The average Bonchev–Trinajstić information content (AvgIpc) is 3.05. The van der Waals surface area contributed by atoms with E-state index in [1.54, 1.807) is 25.5 Å².